The topological polar surface area (TPSA) is 34.9 Å². The van der Waals surface area contributed by atoms with Crippen LogP contribution in [0.5, 0.6) is 0 Å². The van der Waals surface area contributed by atoms with Crippen molar-refractivity contribution in [3.05, 3.63) is 16.9 Å². The van der Waals surface area contributed by atoms with Crippen LogP contribution in [0.15, 0.2) is 6.20 Å². The molecule has 0 aromatic carbocycles. The smallest absolute Gasteiger partial charge is 0.182 e. The molecule has 1 rings (SSSR count). The summed E-state index contributed by atoms with van der Waals surface area (Å²) in [5.41, 5.74) is 0.521. The van der Waals surface area contributed by atoms with Crippen molar-refractivity contribution < 1.29 is 4.79 Å². The van der Waals surface area contributed by atoms with Gasteiger partial charge in [0.05, 0.1) is 11.2 Å². The molecule has 78 valence electrons. The van der Waals surface area contributed by atoms with E-state index < -0.39 is 0 Å². The maximum absolute atomic E-state index is 11.7. The molecule has 1 heterocycles. The molecule has 14 heavy (non-hydrogen) atoms. The fourth-order valence-electron chi connectivity index (χ4n) is 1.26. The molecule has 0 fully saturated rings. The van der Waals surface area contributed by atoms with Crippen molar-refractivity contribution in [3.8, 4) is 0 Å². The molecule has 0 aliphatic carbocycles. The highest BCUT2D eigenvalue weighted by molar-refractivity contribution is 6.33. The van der Waals surface area contributed by atoms with Crippen molar-refractivity contribution >= 4 is 17.4 Å². The highest BCUT2D eigenvalue weighted by atomic mass is 35.5. The number of nitrogens with zero attached hydrogens (tertiary/aromatic N) is 2. The molecule has 0 atom stereocenters. The zero-order valence-corrected chi connectivity index (χ0v) is 9.51. The standard InChI is InChI=1S/C10H15ClN2O/c1-7(2)4-5-9(14)10-8(11)6-12-13(10)3/h6-7H,4-5H2,1-3H3. The van der Waals surface area contributed by atoms with Crippen LogP contribution in [0.4, 0.5) is 0 Å². The first-order valence-electron chi connectivity index (χ1n) is 4.73. The molecule has 0 amide bonds. The molecule has 1 aromatic heterocycles. The fourth-order valence-corrected chi connectivity index (χ4v) is 1.53. The van der Waals surface area contributed by atoms with Gasteiger partial charge in [-0.3, -0.25) is 9.48 Å². The Kier molecular flexibility index (Phi) is 3.69. The predicted octanol–water partition coefficient (Wildman–Crippen LogP) is 2.69. The normalized spacial score (nSPS) is 10.9. The van der Waals surface area contributed by atoms with Gasteiger partial charge >= 0.3 is 0 Å². The van der Waals surface area contributed by atoms with Crippen LogP contribution in [0, 0.1) is 5.92 Å². The van der Waals surface area contributed by atoms with E-state index in [1.165, 1.54) is 10.9 Å². The Morgan fingerprint density at radius 2 is 2.29 bits per heavy atom. The van der Waals surface area contributed by atoms with Crippen LogP contribution in [0.1, 0.15) is 37.2 Å². The van der Waals surface area contributed by atoms with Crippen molar-refractivity contribution in [2.24, 2.45) is 13.0 Å². The number of rotatable bonds is 4. The average Bonchev–Trinajstić information content (AvgIpc) is 2.42. The van der Waals surface area contributed by atoms with Crippen molar-refractivity contribution in [2.45, 2.75) is 26.7 Å². The quantitative estimate of drug-likeness (QED) is 0.723. The minimum absolute atomic E-state index is 0.0729. The molecule has 0 N–H and O–H groups in total. The van der Waals surface area contributed by atoms with Crippen LogP contribution in [0.2, 0.25) is 5.02 Å². The summed E-state index contributed by atoms with van der Waals surface area (Å²) in [5, 5.41) is 4.37. The van der Waals surface area contributed by atoms with E-state index in [9.17, 15) is 4.79 Å². The lowest BCUT2D eigenvalue weighted by atomic mass is 10.0. The molecular weight excluding hydrogens is 200 g/mol. The summed E-state index contributed by atoms with van der Waals surface area (Å²) >= 11 is 5.85. The van der Waals surface area contributed by atoms with E-state index in [1.807, 2.05) is 0 Å². The Morgan fingerprint density at radius 3 is 2.71 bits per heavy atom. The van der Waals surface area contributed by atoms with Gasteiger partial charge in [0, 0.05) is 13.5 Å². The summed E-state index contributed by atoms with van der Waals surface area (Å²) in [6.45, 7) is 4.19. The molecular formula is C10H15ClN2O. The fraction of sp³-hybridized carbons (Fsp3) is 0.600. The number of ketones is 1. The minimum Gasteiger partial charge on any atom is -0.292 e. The number of hydrogen-bond acceptors (Lipinski definition) is 2. The molecule has 4 heteroatoms. The van der Waals surface area contributed by atoms with Crippen molar-refractivity contribution in [3.63, 3.8) is 0 Å². The summed E-state index contributed by atoms with van der Waals surface area (Å²) < 4.78 is 1.53. The second-order valence-electron chi connectivity index (χ2n) is 3.82. The third kappa shape index (κ3) is 2.58. The van der Waals surface area contributed by atoms with Gasteiger partial charge in [0.15, 0.2) is 5.78 Å². The van der Waals surface area contributed by atoms with Gasteiger partial charge in [-0.2, -0.15) is 5.10 Å². The first kappa shape index (κ1) is 11.2. The van der Waals surface area contributed by atoms with E-state index in [0.717, 1.165) is 6.42 Å². The first-order valence-corrected chi connectivity index (χ1v) is 5.11. The van der Waals surface area contributed by atoms with Gasteiger partial charge in [0.1, 0.15) is 5.69 Å². The third-order valence-corrected chi connectivity index (χ3v) is 2.38. The maximum Gasteiger partial charge on any atom is 0.182 e. The van der Waals surface area contributed by atoms with Gasteiger partial charge in [-0.1, -0.05) is 25.4 Å². The van der Waals surface area contributed by atoms with Crippen LogP contribution in [-0.4, -0.2) is 15.6 Å². The Balaban J connectivity index is 2.70. The summed E-state index contributed by atoms with van der Waals surface area (Å²) in [5.74, 6) is 0.606. The van der Waals surface area contributed by atoms with Crippen molar-refractivity contribution in [1.29, 1.82) is 0 Å². The zero-order valence-electron chi connectivity index (χ0n) is 8.75. The molecule has 0 aliphatic rings. The summed E-state index contributed by atoms with van der Waals surface area (Å²) in [6.07, 6.45) is 2.93. The van der Waals surface area contributed by atoms with Gasteiger partial charge in [-0.25, -0.2) is 0 Å². The van der Waals surface area contributed by atoms with E-state index in [0.29, 0.717) is 23.1 Å². The number of hydrogen-bond donors (Lipinski definition) is 0. The van der Waals surface area contributed by atoms with Crippen molar-refractivity contribution in [1.82, 2.24) is 9.78 Å². The molecule has 0 saturated heterocycles. The molecule has 0 aliphatic heterocycles. The Morgan fingerprint density at radius 1 is 1.64 bits per heavy atom. The highest BCUT2D eigenvalue weighted by Gasteiger charge is 2.15. The molecule has 0 saturated carbocycles. The monoisotopic (exact) mass is 214 g/mol. The first-order chi connectivity index (χ1) is 6.52. The van der Waals surface area contributed by atoms with Crippen LogP contribution in [0.25, 0.3) is 0 Å². The lowest BCUT2D eigenvalue weighted by Gasteiger charge is -2.04. The zero-order chi connectivity index (χ0) is 10.7. The van der Waals surface area contributed by atoms with Gasteiger partial charge in [0.25, 0.3) is 0 Å². The molecule has 0 unspecified atom stereocenters. The minimum atomic E-state index is 0.0729. The van der Waals surface area contributed by atoms with Gasteiger partial charge in [-0.15, -0.1) is 0 Å². The number of aromatic nitrogens is 2. The van der Waals surface area contributed by atoms with Crippen LogP contribution in [0.3, 0.4) is 0 Å². The number of Topliss-reactive ketones (excluding diaryl/α,β-unsaturated/α-hetero) is 1. The summed E-state index contributed by atoms with van der Waals surface area (Å²) in [6, 6.07) is 0. The highest BCUT2D eigenvalue weighted by Crippen LogP contribution is 2.17. The predicted molar refractivity (Wildman–Crippen MR) is 56.6 cm³/mol. The second-order valence-corrected chi connectivity index (χ2v) is 4.23. The summed E-state index contributed by atoms with van der Waals surface area (Å²) in [7, 11) is 1.73. The SMILES string of the molecule is CC(C)CCC(=O)c1c(Cl)cnn1C. The molecule has 0 bridgehead atoms. The summed E-state index contributed by atoms with van der Waals surface area (Å²) in [4.78, 5) is 11.7. The number of aryl methyl sites for hydroxylation is 1. The molecule has 1 aromatic rings. The van der Waals surface area contributed by atoms with Crippen LogP contribution < -0.4 is 0 Å². The maximum atomic E-state index is 11.7. The molecule has 3 nitrogen and oxygen atoms in total. The Hall–Kier alpha value is -0.830. The number of carbonyl (C=O) groups is 1. The lowest BCUT2D eigenvalue weighted by molar-refractivity contribution is 0.0966. The Bertz CT molecular complexity index is 311. The van der Waals surface area contributed by atoms with Gasteiger partial charge in [0.2, 0.25) is 0 Å². The van der Waals surface area contributed by atoms with Gasteiger partial charge < -0.3 is 0 Å². The number of carbonyl (C=O) groups excluding carboxylic acids is 1. The molecule has 0 radical (unpaired) electrons. The van der Waals surface area contributed by atoms with E-state index >= 15 is 0 Å². The van der Waals surface area contributed by atoms with E-state index in [-0.39, 0.29) is 5.78 Å². The average molecular weight is 215 g/mol. The van der Waals surface area contributed by atoms with E-state index in [4.69, 9.17) is 11.6 Å². The lowest BCUT2D eigenvalue weighted by Crippen LogP contribution is -2.08. The second kappa shape index (κ2) is 4.60. The van der Waals surface area contributed by atoms with Gasteiger partial charge in [-0.05, 0) is 12.3 Å². The van der Waals surface area contributed by atoms with Crippen molar-refractivity contribution in [2.75, 3.05) is 0 Å². The third-order valence-electron chi connectivity index (χ3n) is 2.11. The Labute approximate surface area is 89.1 Å². The largest absolute Gasteiger partial charge is 0.292 e. The molecule has 0 spiro atoms. The van der Waals surface area contributed by atoms with E-state index in [1.54, 1.807) is 7.05 Å². The van der Waals surface area contributed by atoms with Crippen LogP contribution >= 0.6 is 11.6 Å². The number of halogens is 1. The van der Waals surface area contributed by atoms with E-state index in [2.05, 4.69) is 18.9 Å². The van der Waals surface area contributed by atoms with Crippen LogP contribution in [-0.2, 0) is 7.05 Å².